The second-order valence-corrected chi connectivity index (χ2v) is 3.35. The van der Waals surface area contributed by atoms with Crippen molar-refractivity contribution in [2.45, 2.75) is 12.8 Å². The van der Waals surface area contributed by atoms with Crippen molar-refractivity contribution >= 4 is 11.6 Å². The highest BCUT2D eigenvalue weighted by Gasteiger charge is 2.24. The minimum atomic E-state index is -0.0225. The summed E-state index contributed by atoms with van der Waals surface area (Å²) >= 11 is 0. The molecule has 4 nitrogen and oxygen atoms in total. The summed E-state index contributed by atoms with van der Waals surface area (Å²) in [5.74, 6) is -0.0225. The number of methoxy groups -OCH3 is 1. The molecule has 0 saturated heterocycles. The van der Waals surface area contributed by atoms with Gasteiger partial charge in [-0.15, -0.1) is 0 Å². The third kappa shape index (κ3) is 2.00. The highest BCUT2D eigenvalue weighted by atomic mass is 16.8. The number of benzene rings is 1. The quantitative estimate of drug-likeness (QED) is 0.705. The monoisotopic (exact) mass is 207 g/mol. The van der Waals surface area contributed by atoms with Crippen LogP contribution in [-0.2, 0) is 20.8 Å². The van der Waals surface area contributed by atoms with Crippen molar-refractivity contribution in [1.29, 1.82) is 0 Å². The number of nitrogens with zero attached hydrogens (tertiary/aromatic N) is 1. The van der Waals surface area contributed by atoms with Crippen LogP contribution in [0.25, 0.3) is 0 Å². The number of carbonyl (C=O) groups is 1. The summed E-state index contributed by atoms with van der Waals surface area (Å²) in [4.78, 5) is 16.8. The Morgan fingerprint density at radius 1 is 1.33 bits per heavy atom. The number of amides is 1. The van der Waals surface area contributed by atoms with Gasteiger partial charge in [0.25, 0.3) is 5.91 Å². The van der Waals surface area contributed by atoms with Gasteiger partial charge in [0.15, 0.2) is 6.79 Å². The molecule has 0 spiro atoms. The average molecular weight is 207 g/mol. The number of hydroxylamine groups is 1. The van der Waals surface area contributed by atoms with E-state index in [0.717, 1.165) is 17.7 Å². The Balaban J connectivity index is 2.25. The van der Waals surface area contributed by atoms with Crippen LogP contribution >= 0.6 is 0 Å². The third-order valence-corrected chi connectivity index (χ3v) is 2.34. The molecule has 0 aromatic heterocycles. The molecule has 0 radical (unpaired) electrons. The Bertz CT molecular complexity index is 365. The molecule has 1 aromatic rings. The predicted molar refractivity (Wildman–Crippen MR) is 55.2 cm³/mol. The number of fused-ring (bicyclic) bond motifs is 1. The van der Waals surface area contributed by atoms with E-state index in [1.807, 2.05) is 24.3 Å². The summed E-state index contributed by atoms with van der Waals surface area (Å²) in [6.07, 6.45) is 1.27. The predicted octanol–water partition coefficient (Wildman–Crippen LogP) is 1.50. The van der Waals surface area contributed by atoms with Crippen molar-refractivity contribution in [3.05, 3.63) is 29.8 Å². The summed E-state index contributed by atoms with van der Waals surface area (Å²) in [6, 6.07) is 7.73. The molecule has 4 heteroatoms. The molecule has 2 rings (SSSR count). The van der Waals surface area contributed by atoms with E-state index in [1.165, 1.54) is 12.2 Å². The van der Waals surface area contributed by atoms with Crippen molar-refractivity contribution in [1.82, 2.24) is 0 Å². The van der Waals surface area contributed by atoms with Gasteiger partial charge in [0.1, 0.15) is 0 Å². The van der Waals surface area contributed by atoms with Gasteiger partial charge in [-0.2, -0.15) is 5.06 Å². The Kier molecular flexibility index (Phi) is 2.99. The lowest BCUT2D eigenvalue weighted by atomic mass is 10.0. The van der Waals surface area contributed by atoms with Gasteiger partial charge < -0.3 is 4.74 Å². The SMILES string of the molecule is COCON1C(=O)CCc2ccccc21. The van der Waals surface area contributed by atoms with E-state index in [-0.39, 0.29) is 12.7 Å². The molecule has 1 amide bonds. The van der Waals surface area contributed by atoms with Gasteiger partial charge in [0, 0.05) is 13.5 Å². The number of rotatable bonds is 3. The molecule has 1 aliphatic heterocycles. The fraction of sp³-hybridized carbons (Fsp3) is 0.364. The second-order valence-electron chi connectivity index (χ2n) is 3.35. The van der Waals surface area contributed by atoms with Gasteiger partial charge in [-0.1, -0.05) is 18.2 Å². The molecule has 0 aliphatic carbocycles. The maximum absolute atomic E-state index is 11.6. The standard InChI is InChI=1S/C11H13NO3/c1-14-8-15-12-10-5-3-2-4-9(10)6-7-11(12)13/h2-5H,6-8H2,1H3. The van der Waals surface area contributed by atoms with Gasteiger partial charge in [-0.3, -0.25) is 4.79 Å². The zero-order chi connectivity index (χ0) is 10.7. The fourth-order valence-electron chi connectivity index (χ4n) is 1.64. The minimum Gasteiger partial charge on any atom is -0.356 e. The Hall–Kier alpha value is -1.39. The summed E-state index contributed by atoms with van der Waals surface area (Å²) in [7, 11) is 1.53. The maximum atomic E-state index is 11.6. The van der Waals surface area contributed by atoms with Crippen LogP contribution in [-0.4, -0.2) is 19.8 Å². The number of carbonyl (C=O) groups excluding carboxylic acids is 1. The van der Waals surface area contributed by atoms with Crippen LogP contribution in [0.15, 0.2) is 24.3 Å². The molecule has 1 aromatic carbocycles. The fourth-order valence-corrected chi connectivity index (χ4v) is 1.64. The summed E-state index contributed by atoms with van der Waals surface area (Å²) in [5, 5.41) is 1.32. The normalized spacial score (nSPS) is 15.3. The number of aryl methyl sites for hydroxylation is 1. The maximum Gasteiger partial charge on any atom is 0.251 e. The molecule has 1 aliphatic rings. The first-order valence-corrected chi connectivity index (χ1v) is 4.85. The lowest BCUT2D eigenvalue weighted by Gasteiger charge is -2.27. The summed E-state index contributed by atoms with van der Waals surface area (Å²) in [5.41, 5.74) is 1.96. The van der Waals surface area contributed by atoms with Gasteiger partial charge in [0.05, 0.1) is 5.69 Å². The van der Waals surface area contributed by atoms with E-state index >= 15 is 0 Å². The van der Waals surface area contributed by atoms with Gasteiger partial charge in [-0.05, 0) is 18.1 Å². The smallest absolute Gasteiger partial charge is 0.251 e. The molecule has 0 atom stereocenters. The first-order chi connectivity index (χ1) is 7.33. The number of hydrogen-bond acceptors (Lipinski definition) is 3. The summed E-state index contributed by atoms with van der Waals surface area (Å²) < 4.78 is 4.79. The number of anilines is 1. The van der Waals surface area contributed by atoms with Crippen molar-refractivity contribution in [2.24, 2.45) is 0 Å². The van der Waals surface area contributed by atoms with E-state index < -0.39 is 0 Å². The van der Waals surface area contributed by atoms with Crippen LogP contribution in [0.1, 0.15) is 12.0 Å². The van der Waals surface area contributed by atoms with E-state index in [1.54, 1.807) is 0 Å². The highest BCUT2D eigenvalue weighted by molar-refractivity contribution is 5.94. The Morgan fingerprint density at radius 3 is 2.93 bits per heavy atom. The van der Waals surface area contributed by atoms with Gasteiger partial charge >= 0.3 is 0 Å². The topological polar surface area (TPSA) is 38.8 Å². The van der Waals surface area contributed by atoms with Crippen molar-refractivity contribution in [3.8, 4) is 0 Å². The molecule has 15 heavy (non-hydrogen) atoms. The largest absolute Gasteiger partial charge is 0.356 e. The van der Waals surface area contributed by atoms with Crippen LogP contribution in [0.5, 0.6) is 0 Å². The van der Waals surface area contributed by atoms with Crippen molar-refractivity contribution < 1.29 is 14.4 Å². The Morgan fingerprint density at radius 2 is 2.13 bits per heavy atom. The second kappa shape index (κ2) is 4.42. The zero-order valence-corrected chi connectivity index (χ0v) is 8.60. The minimum absolute atomic E-state index is 0.0225. The summed E-state index contributed by atoms with van der Waals surface area (Å²) in [6.45, 7) is 0.0834. The highest BCUT2D eigenvalue weighted by Crippen LogP contribution is 2.27. The molecule has 0 bridgehead atoms. The average Bonchev–Trinajstić information content (AvgIpc) is 2.28. The van der Waals surface area contributed by atoms with E-state index in [2.05, 4.69) is 0 Å². The molecular weight excluding hydrogens is 194 g/mol. The molecule has 0 fully saturated rings. The number of hydrogen-bond donors (Lipinski definition) is 0. The van der Waals surface area contributed by atoms with E-state index in [4.69, 9.17) is 9.57 Å². The zero-order valence-electron chi connectivity index (χ0n) is 8.60. The van der Waals surface area contributed by atoms with E-state index in [0.29, 0.717) is 6.42 Å². The van der Waals surface area contributed by atoms with E-state index in [9.17, 15) is 4.79 Å². The number of ether oxygens (including phenoxy) is 1. The van der Waals surface area contributed by atoms with Gasteiger partial charge in [0.2, 0.25) is 0 Å². The molecule has 80 valence electrons. The van der Waals surface area contributed by atoms with Crippen LogP contribution in [0.2, 0.25) is 0 Å². The molecule has 0 unspecified atom stereocenters. The van der Waals surface area contributed by atoms with Gasteiger partial charge in [-0.25, -0.2) is 4.84 Å². The molecule has 1 heterocycles. The van der Waals surface area contributed by atoms with Crippen molar-refractivity contribution in [3.63, 3.8) is 0 Å². The molecule has 0 saturated carbocycles. The van der Waals surface area contributed by atoms with Crippen molar-refractivity contribution in [2.75, 3.05) is 19.0 Å². The number of para-hydroxylation sites is 1. The first kappa shape index (κ1) is 10.1. The first-order valence-electron chi connectivity index (χ1n) is 4.85. The van der Waals surface area contributed by atoms with Crippen LogP contribution in [0.3, 0.4) is 0 Å². The molecular formula is C11H13NO3. The Labute approximate surface area is 88.4 Å². The lowest BCUT2D eigenvalue weighted by molar-refractivity contribution is -0.132. The van der Waals surface area contributed by atoms with Crippen LogP contribution < -0.4 is 5.06 Å². The van der Waals surface area contributed by atoms with Crippen LogP contribution in [0.4, 0.5) is 5.69 Å². The lowest BCUT2D eigenvalue weighted by Crippen LogP contribution is -2.35. The third-order valence-electron chi connectivity index (χ3n) is 2.34. The molecule has 0 N–H and O–H groups in total. The van der Waals surface area contributed by atoms with Crippen LogP contribution in [0, 0.1) is 0 Å².